The lowest BCUT2D eigenvalue weighted by atomic mass is 9.98. The third kappa shape index (κ3) is 2.80. The van der Waals surface area contributed by atoms with E-state index in [2.05, 4.69) is 6.58 Å². The normalized spacial score (nSPS) is 17.1. The Morgan fingerprint density at radius 1 is 1.47 bits per heavy atom. The molecule has 1 N–H and O–H groups in total. The van der Waals surface area contributed by atoms with E-state index in [1.807, 2.05) is 6.92 Å². The monoisotopic (exact) mass is 260 g/mol. The van der Waals surface area contributed by atoms with E-state index in [0.717, 1.165) is 37.7 Å². The van der Waals surface area contributed by atoms with Crippen LogP contribution >= 0.6 is 0 Å². The molecular formula is C16H20O3. The Labute approximate surface area is 113 Å². The number of phenolic OH excluding ortho intramolecular Hbond substituents is 1. The highest BCUT2D eigenvalue weighted by atomic mass is 16.6. The maximum absolute atomic E-state index is 12.2. The van der Waals surface area contributed by atoms with Crippen LogP contribution in [0.1, 0.15) is 54.9 Å². The van der Waals surface area contributed by atoms with Gasteiger partial charge in [0.1, 0.15) is 16.9 Å². The van der Waals surface area contributed by atoms with Crippen LogP contribution in [0.5, 0.6) is 5.75 Å². The molecule has 0 aliphatic heterocycles. The van der Waals surface area contributed by atoms with Crippen molar-refractivity contribution in [1.82, 2.24) is 0 Å². The van der Waals surface area contributed by atoms with Gasteiger partial charge in [-0.3, -0.25) is 0 Å². The average molecular weight is 260 g/mol. The fourth-order valence-corrected chi connectivity index (χ4v) is 2.65. The van der Waals surface area contributed by atoms with Crippen molar-refractivity contribution in [2.75, 3.05) is 0 Å². The van der Waals surface area contributed by atoms with Gasteiger partial charge in [-0.1, -0.05) is 25.6 Å². The summed E-state index contributed by atoms with van der Waals surface area (Å²) in [5.41, 5.74) is 0.672. The van der Waals surface area contributed by atoms with Crippen molar-refractivity contribution < 1.29 is 14.6 Å². The Bertz CT molecular complexity index is 485. The SMILES string of the molecule is C=Cc1ccc(C(=O)OC2(CC)CCCC2)c(O)c1. The predicted octanol–water partition coefficient (Wildman–Crippen LogP) is 3.91. The van der Waals surface area contributed by atoms with Crippen LogP contribution in [0, 0.1) is 0 Å². The zero-order valence-electron chi connectivity index (χ0n) is 11.3. The number of carbonyl (C=O) groups is 1. The van der Waals surface area contributed by atoms with Crippen LogP contribution in [0.15, 0.2) is 24.8 Å². The second-order valence-electron chi connectivity index (χ2n) is 5.11. The van der Waals surface area contributed by atoms with E-state index < -0.39 is 5.97 Å². The van der Waals surface area contributed by atoms with Crippen LogP contribution in [-0.2, 0) is 4.74 Å². The van der Waals surface area contributed by atoms with Crippen molar-refractivity contribution in [3.63, 3.8) is 0 Å². The van der Waals surface area contributed by atoms with Gasteiger partial charge in [0.05, 0.1) is 0 Å². The van der Waals surface area contributed by atoms with E-state index in [-0.39, 0.29) is 16.9 Å². The molecule has 0 unspecified atom stereocenters. The van der Waals surface area contributed by atoms with Gasteiger partial charge < -0.3 is 9.84 Å². The number of rotatable bonds is 4. The van der Waals surface area contributed by atoms with Crippen molar-refractivity contribution in [1.29, 1.82) is 0 Å². The van der Waals surface area contributed by atoms with Crippen molar-refractivity contribution in [3.05, 3.63) is 35.9 Å². The molecule has 1 fully saturated rings. The summed E-state index contributed by atoms with van der Waals surface area (Å²) in [6, 6.07) is 4.86. The minimum atomic E-state index is -0.433. The largest absolute Gasteiger partial charge is 0.507 e. The van der Waals surface area contributed by atoms with Crippen molar-refractivity contribution in [2.24, 2.45) is 0 Å². The van der Waals surface area contributed by atoms with E-state index >= 15 is 0 Å². The summed E-state index contributed by atoms with van der Waals surface area (Å²) in [6.07, 6.45) is 6.48. The molecule has 0 bridgehead atoms. The Morgan fingerprint density at radius 3 is 2.68 bits per heavy atom. The maximum Gasteiger partial charge on any atom is 0.342 e. The number of ether oxygens (including phenoxy) is 1. The molecule has 19 heavy (non-hydrogen) atoms. The van der Waals surface area contributed by atoms with Crippen LogP contribution in [-0.4, -0.2) is 16.7 Å². The molecule has 3 heteroatoms. The lowest BCUT2D eigenvalue weighted by Crippen LogP contribution is -2.31. The van der Waals surface area contributed by atoms with Gasteiger partial charge in [0.25, 0.3) is 0 Å². The molecule has 0 radical (unpaired) electrons. The molecule has 1 saturated carbocycles. The summed E-state index contributed by atoms with van der Waals surface area (Å²) in [6.45, 7) is 5.67. The first kappa shape index (κ1) is 13.7. The molecule has 1 aliphatic rings. The highest BCUT2D eigenvalue weighted by Gasteiger charge is 2.36. The zero-order valence-corrected chi connectivity index (χ0v) is 11.3. The van der Waals surface area contributed by atoms with Crippen LogP contribution in [0.2, 0.25) is 0 Å². The molecule has 1 aliphatic carbocycles. The first-order chi connectivity index (χ1) is 9.10. The summed E-state index contributed by atoms with van der Waals surface area (Å²) in [5.74, 6) is -0.483. The second kappa shape index (κ2) is 5.47. The van der Waals surface area contributed by atoms with Crippen molar-refractivity contribution in [2.45, 2.75) is 44.6 Å². The number of phenols is 1. The van der Waals surface area contributed by atoms with Crippen LogP contribution in [0.25, 0.3) is 6.08 Å². The number of hydrogen-bond donors (Lipinski definition) is 1. The van der Waals surface area contributed by atoms with Gasteiger partial charge in [-0.15, -0.1) is 0 Å². The topological polar surface area (TPSA) is 46.5 Å². The summed E-state index contributed by atoms with van der Waals surface area (Å²) in [5, 5.41) is 9.87. The number of carbonyl (C=O) groups excluding carboxylic acids is 1. The van der Waals surface area contributed by atoms with E-state index in [4.69, 9.17) is 4.74 Å². The first-order valence-corrected chi connectivity index (χ1v) is 6.79. The minimum absolute atomic E-state index is 0.0494. The Balaban J connectivity index is 2.18. The molecule has 102 valence electrons. The van der Waals surface area contributed by atoms with Crippen LogP contribution in [0.3, 0.4) is 0 Å². The average Bonchev–Trinajstić information content (AvgIpc) is 2.87. The molecule has 1 aromatic carbocycles. The molecule has 1 aromatic rings. The maximum atomic E-state index is 12.2. The standard InChI is InChI=1S/C16H20O3/c1-3-12-7-8-13(14(17)11-12)15(18)19-16(4-2)9-5-6-10-16/h3,7-8,11,17H,1,4-6,9-10H2,2H3. The minimum Gasteiger partial charge on any atom is -0.507 e. The fraction of sp³-hybridized carbons (Fsp3) is 0.438. The van der Waals surface area contributed by atoms with Crippen LogP contribution < -0.4 is 0 Å². The summed E-state index contributed by atoms with van der Waals surface area (Å²) in [4.78, 5) is 12.2. The van der Waals surface area contributed by atoms with Gasteiger partial charge in [0.15, 0.2) is 0 Å². The van der Waals surface area contributed by atoms with Gasteiger partial charge in [-0.25, -0.2) is 4.79 Å². The Morgan fingerprint density at radius 2 is 2.16 bits per heavy atom. The van der Waals surface area contributed by atoms with Gasteiger partial charge in [-0.2, -0.15) is 0 Å². The first-order valence-electron chi connectivity index (χ1n) is 6.79. The fourth-order valence-electron chi connectivity index (χ4n) is 2.65. The third-order valence-corrected chi connectivity index (χ3v) is 3.95. The van der Waals surface area contributed by atoms with E-state index in [0.29, 0.717) is 0 Å². The summed E-state index contributed by atoms with van der Waals surface area (Å²) >= 11 is 0. The summed E-state index contributed by atoms with van der Waals surface area (Å²) in [7, 11) is 0. The molecular weight excluding hydrogens is 240 g/mol. The molecule has 0 heterocycles. The highest BCUT2D eigenvalue weighted by Crippen LogP contribution is 2.37. The number of aromatic hydroxyl groups is 1. The van der Waals surface area contributed by atoms with E-state index in [1.165, 1.54) is 6.07 Å². The zero-order chi connectivity index (χ0) is 13.9. The lowest BCUT2D eigenvalue weighted by Gasteiger charge is -2.27. The Hall–Kier alpha value is -1.77. The molecule has 0 amide bonds. The molecule has 0 atom stereocenters. The van der Waals surface area contributed by atoms with Crippen molar-refractivity contribution >= 4 is 12.0 Å². The van der Waals surface area contributed by atoms with Gasteiger partial charge in [0, 0.05) is 0 Å². The molecule has 0 spiro atoms. The molecule has 0 aromatic heterocycles. The second-order valence-corrected chi connectivity index (χ2v) is 5.11. The van der Waals surface area contributed by atoms with Gasteiger partial charge >= 0.3 is 5.97 Å². The molecule has 3 nitrogen and oxygen atoms in total. The smallest absolute Gasteiger partial charge is 0.342 e. The Kier molecular flexibility index (Phi) is 3.93. The lowest BCUT2D eigenvalue weighted by molar-refractivity contribution is -0.0174. The highest BCUT2D eigenvalue weighted by molar-refractivity contribution is 5.93. The molecule has 0 saturated heterocycles. The molecule has 2 rings (SSSR count). The number of benzene rings is 1. The predicted molar refractivity (Wildman–Crippen MR) is 75.1 cm³/mol. The van der Waals surface area contributed by atoms with E-state index in [1.54, 1.807) is 18.2 Å². The number of esters is 1. The number of hydrogen-bond acceptors (Lipinski definition) is 3. The van der Waals surface area contributed by atoms with Crippen molar-refractivity contribution in [3.8, 4) is 5.75 Å². The summed E-state index contributed by atoms with van der Waals surface area (Å²) < 4.78 is 5.66. The quantitative estimate of drug-likeness (QED) is 0.835. The van der Waals surface area contributed by atoms with E-state index in [9.17, 15) is 9.90 Å². The van der Waals surface area contributed by atoms with Gasteiger partial charge in [-0.05, 0) is 49.8 Å². The van der Waals surface area contributed by atoms with Crippen LogP contribution in [0.4, 0.5) is 0 Å². The third-order valence-electron chi connectivity index (χ3n) is 3.95. The van der Waals surface area contributed by atoms with Gasteiger partial charge in [0.2, 0.25) is 0 Å².